The minimum absolute atomic E-state index is 0.0251. The van der Waals surface area contributed by atoms with Crippen LogP contribution < -0.4 is 23.7 Å². The van der Waals surface area contributed by atoms with Gasteiger partial charge in [-0.3, -0.25) is 0 Å². The number of hydrogen-bond donors (Lipinski definition) is 1. The van der Waals surface area contributed by atoms with Crippen molar-refractivity contribution in [2.75, 3.05) is 35.0 Å². The fourth-order valence-corrected chi connectivity index (χ4v) is 3.24. The van der Waals surface area contributed by atoms with Gasteiger partial charge in [-0.1, -0.05) is 6.07 Å². The van der Waals surface area contributed by atoms with E-state index in [1.807, 2.05) is 18.2 Å². The molecule has 0 bridgehead atoms. The minimum Gasteiger partial charge on any atom is -0.502 e. The highest BCUT2D eigenvalue weighted by Gasteiger charge is 2.29. The van der Waals surface area contributed by atoms with Gasteiger partial charge in [-0.15, -0.1) is 0 Å². The number of methoxy groups -OCH3 is 4. The Bertz CT molecular complexity index is 746. The molecule has 3 rings (SSSR count). The van der Waals surface area contributed by atoms with Gasteiger partial charge < -0.3 is 28.8 Å². The molecule has 0 fully saturated rings. The molecule has 1 heterocycles. The quantitative estimate of drug-likeness (QED) is 0.896. The lowest BCUT2D eigenvalue weighted by Crippen LogP contribution is -2.16. The molecule has 0 saturated carbocycles. The molecule has 1 N–H and O–H groups in total. The summed E-state index contributed by atoms with van der Waals surface area (Å²) in [4.78, 5) is 0. The van der Waals surface area contributed by atoms with Crippen molar-refractivity contribution >= 4 is 0 Å². The Kier molecular flexibility index (Phi) is 4.79. The Labute approximate surface area is 146 Å². The Morgan fingerprint density at radius 1 is 0.920 bits per heavy atom. The normalized spacial score (nSPS) is 15.8. The monoisotopic (exact) mass is 346 g/mol. The van der Waals surface area contributed by atoms with E-state index in [9.17, 15) is 5.11 Å². The Hall–Kier alpha value is -2.76. The average molecular weight is 346 g/mol. The summed E-state index contributed by atoms with van der Waals surface area (Å²) in [5.41, 5.74) is 1.91. The van der Waals surface area contributed by atoms with Crippen LogP contribution in [0, 0.1) is 0 Å². The standard InChI is InChI=1S/C19H22O6/c1-21-14-6-5-13-12(7-8-25-18(13)17(14)20)11-9-15(22-2)19(24-4)16(10-11)23-3/h5-6,9-10,12,20H,7-8H2,1-4H3. The molecule has 0 saturated heterocycles. The van der Waals surface area contributed by atoms with Crippen molar-refractivity contribution in [1.82, 2.24) is 0 Å². The first-order valence-electron chi connectivity index (χ1n) is 7.97. The van der Waals surface area contributed by atoms with E-state index < -0.39 is 0 Å². The summed E-state index contributed by atoms with van der Waals surface area (Å²) in [7, 11) is 6.28. The molecule has 0 amide bonds. The number of fused-ring (bicyclic) bond motifs is 1. The summed E-state index contributed by atoms with van der Waals surface area (Å²) in [6, 6.07) is 7.53. The minimum atomic E-state index is 0.0251. The van der Waals surface area contributed by atoms with Gasteiger partial charge in [0, 0.05) is 11.5 Å². The third-order valence-electron chi connectivity index (χ3n) is 4.46. The van der Waals surface area contributed by atoms with Crippen molar-refractivity contribution in [2.45, 2.75) is 12.3 Å². The van der Waals surface area contributed by atoms with Crippen molar-refractivity contribution in [2.24, 2.45) is 0 Å². The van der Waals surface area contributed by atoms with Gasteiger partial charge >= 0.3 is 0 Å². The molecule has 0 aromatic heterocycles. The molecule has 25 heavy (non-hydrogen) atoms. The Morgan fingerprint density at radius 2 is 1.56 bits per heavy atom. The summed E-state index contributed by atoms with van der Waals surface area (Å²) in [5.74, 6) is 2.67. The summed E-state index contributed by atoms with van der Waals surface area (Å²) < 4.78 is 27.2. The number of aromatic hydroxyl groups is 1. The maximum absolute atomic E-state index is 10.4. The molecule has 0 aliphatic carbocycles. The predicted octanol–water partition coefficient (Wildman–Crippen LogP) is 3.34. The smallest absolute Gasteiger partial charge is 0.203 e. The molecule has 0 spiro atoms. The number of rotatable bonds is 5. The van der Waals surface area contributed by atoms with E-state index in [0.29, 0.717) is 35.4 Å². The third-order valence-corrected chi connectivity index (χ3v) is 4.46. The first kappa shape index (κ1) is 17.1. The second-order valence-corrected chi connectivity index (χ2v) is 5.68. The van der Waals surface area contributed by atoms with Crippen LogP contribution in [0.1, 0.15) is 23.5 Å². The number of phenols is 1. The number of benzene rings is 2. The van der Waals surface area contributed by atoms with E-state index in [0.717, 1.165) is 17.5 Å². The van der Waals surface area contributed by atoms with Gasteiger partial charge in [0.25, 0.3) is 0 Å². The number of phenolic OH excluding ortho intramolecular Hbond substituents is 1. The average Bonchev–Trinajstić information content (AvgIpc) is 2.66. The van der Waals surface area contributed by atoms with Crippen LogP contribution in [-0.2, 0) is 0 Å². The van der Waals surface area contributed by atoms with Gasteiger partial charge in [-0.05, 0) is 30.2 Å². The number of ether oxygens (including phenoxy) is 5. The zero-order valence-corrected chi connectivity index (χ0v) is 14.8. The van der Waals surface area contributed by atoms with E-state index >= 15 is 0 Å². The lowest BCUT2D eigenvalue weighted by molar-refractivity contribution is 0.256. The van der Waals surface area contributed by atoms with Crippen LogP contribution in [0.25, 0.3) is 0 Å². The van der Waals surface area contributed by atoms with Crippen LogP contribution in [0.4, 0.5) is 0 Å². The topological polar surface area (TPSA) is 66.4 Å². The van der Waals surface area contributed by atoms with Crippen molar-refractivity contribution in [3.63, 3.8) is 0 Å². The fourth-order valence-electron chi connectivity index (χ4n) is 3.24. The van der Waals surface area contributed by atoms with Crippen LogP contribution in [0.5, 0.6) is 34.5 Å². The van der Waals surface area contributed by atoms with E-state index in [-0.39, 0.29) is 11.7 Å². The van der Waals surface area contributed by atoms with Gasteiger partial charge in [-0.2, -0.15) is 0 Å². The largest absolute Gasteiger partial charge is 0.502 e. The molecular weight excluding hydrogens is 324 g/mol. The maximum Gasteiger partial charge on any atom is 0.203 e. The third kappa shape index (κ3) is 2.88. The summed E-state index contributed by atoms with van der Waals surface area (Å²) in [5, 5.41) is 10.4. The molecule has 134 valence electrons. The van der Waals surface area contributed by atoms with Gasteiger partial charge in [0.2, 0.25) is 11.5 Å². The molecular formula is C19H22O6. The molecule has 1 unspecified atom stereocenters. The maximum atomic E-state index is 10.4. The van der Waals surface area contributed by atoms with Crippen molar-refractivity contribution in [3.8, 4) is 34.5 Å². The number of hydrogen-bond acceptors (Lipinski definition) is 6. The van der Waals surface area contributed by atoms with Crippen LogP contribution in [0.3, 0.4) is 0 Å². The molecule has 6 heteroatoms. The van der Waals surface area contributed by atoms with Gasteiger partial charge in [0.1, 0.15) is 0 Å². The van der Waals surface area contributed by atoms with Crippen molar-refractivity contribution in [1.29, 1.82) is 0 Å². The second kappa shape index (κ2) is 7.01. The van der Waals surface area contributed by atoms with Gasteiger partial charge in [0.15, 0.2) is 23.0 Å². The van der Waals surface area contributed by atoms with E-state index in [1.54, 1.807) is 27.4 Å². The SMILES string of the molecule is COc1ccc2c(c1O)OCCC2c1cc(OC)c(OC)c(OC)c1. The lowest BCUT2D eigenvalue weighted by Gasteiger charge is -2.28. The lowest BCUT2D eigenvalue weighted by atomic mass is 9.86. The highest BCUT2D eigenvalue weighted by Crippen LogP contribution is 2.49. The van der Waals surface area contributed by atoms with Gasteiger partial charge in [-0.25, -0.2) is 0 Å². The predicted molar refractivity (Wildman–Crippen MR) is 92.7 cm³/mol. The second-order valence-electron chi connectivity index (χ2n) is 5.68. The molecule has 0 radical (unpaired) electrons. The van der Waals surface area contributed by atoms with E-state index in [1.165, 1.54) is 7.11 Å². The van der Waals surface area contributed by atoms with Crippen LogP contribution in [-0.4, -0.2) is 40.2 Å². The first-order chi connectivity index (χ1) is 12.1. The van der Waals surface area contributed by atoms with E-state index in [4.69, 9.17) is 23.7 Å². The fraction of sp³-hybridized carbons (Fsp3) is 0.368. The molecule has 6 nitrogen and oxygen atoms in total. The highest BCUT2D eigenvalue weighted by molar-refractivity contribution is 5.61. The molecule has 1 aliphatic rings. The Balaban J connectivity index is 2.12. The van der Waals surface area contributed by atoms with Gasteiger partial charge in [0.05, 0.1) is 35.0 Å². The summed E-state index contributed by atoms with van der Waals surface area (Å²) in [6.07, 6.45) is 0.775. The zero-order valence-electron chi connectivity index (χ0n) is 14.8. The van der Waals surface area contributed by atoms with E-state index in [2.05, 4.69) is 0 Å². The van der Waals surface area contributed by atoms with Crippen molar-refractivity contribution in [3.05, 3.63) is 35.4 Å². The van der Waals surface area contributed by atoms with Crippen LogP contribution in [0.15, 0.2) is 24.3 Å². The molecule has 2 aromatic rings. The van der Waals surface area contributed by atoms with Crippen molar-refractivity contribution < 1.29 is 28.8 Å². The Morgan fingerprint density at radius 3 is 2.12 bits per heavy atom. The summed E-state index contributed by atoms with van der Waals surface area (Å²) >= 11 is 0. The first-order valence-corrected chi connectivity index (χ1v) is 7.97. The van der Waals surface area contributed by atoms with Crippen LogP contribution >= 0.6 is 0 Å². The molecule has 1 atom stereocenters. The molecule has 2 aromatic carbocycles. The summed E-state index contributed by atoms with van der Waals surface area (Å²) in [6.45, 7) is 0.495. The zero-order chi connectivity index (χ0) is 18.0. The van der Waals surface area contributed by atoms with Crippen LogP contribution in [0.2, 0.25) is 0 Å². The highest BCUT2D eigenvalue weighted by atomic mass is 16.5. The molecule has 1 aliphatic heterocycles.